The van der Waals surface area contributed by atoms with Crippen LogP contribution in [0.4, 0.5) is 0 Å². The zero-order valence-electron chi connectivity index (χ0n) is 10.2. The molecule has 0 heterocycles. The Kier molecular flexibility index (Phi) is 4.78. The summed E-state index contributed by atoms with van der Waals surface area (Å²) in [5.41, 5.74) is 1.29. The van der Waals surface area contributed by atoms with Crippen LogP contribution >= 0.6 is 15.9 Å². The quantitative estimate of drug-likeness (QED) is 0.811. The lowest BCUT2D eigenvalue weighted by atomic mass is 9.83. The summed E-state index contributed by atoms with van der Waals surface area (Å²) in [6.45, 7) is 1.32. The van der Waals surface area contributed by atoms with Crippen molar-refractivity contribution in [2.45, 2.75) is 32.3 Å². The van der Waals surface area contributed by atoms with Crippen LogP contribution in [0.2, 0.25) is 0 Å². The van der Waals surface area contributed by atoms with Crippen molar-refractivity contribution >= 4 is 21.9 Å². The van der Waals surface area contributed by atoms with E-state index >= 15 is 0 Å². The van der Waals surface area contributed by atoms with Gasteiger partial charge in [0.25, 0.3) is 0 Å². The molecule has 0 unspecified atom stereocenters. The minimum atomic E-state index is -0.909. The third-order valence-corrected chi connectivity index (χ3v) is 4.19. The van der Waals surface area contributed by atoms with Gasteiger partial charge in [0.15, 0.2) is 0 Å². The molecule has 1 aliphatic rings. The van der Waals surface area contributed by atoms with E-state index in [0.717, 1.165) is 29.0 Å². The van der Waals surface area contributed by atoms with E-state index in [1.807, 2.05) is 0 Å². The normalized spacial score (nSPS) is 15.4. The largest absolute Gasteiger partial charge is 0.478 e. The Balaban J connectivity index is 1.79. The van der Waals surface area contributed by atoms with E-state index in [0.29, 0.717) is 12.2 Å². The molecule has 1 N–H and O–H groups in total. The summed E-state index contributed by atoms with van der Waals surface area (Å²) in [7, 11) is 0. The molecule has 0 amide bonds. The summed E-state index contributed by atoms with van der Waals surface area (Å²) in [5.74, 6) is -0.0454. The lowest BCUT2D eigenvalue weighted by molar-refractivity contribution is 0.0696. The van der Waals surface area contributed by atoms with Crippen LogP contribution in [0.1, 0.15) is 41.6 Å². The average Bonchev–Trinajstić information content (AvgIpc) is 2.28. The Bertz CT molecular complexity index is 427. The number of carboxylic acid groups (broad SMARTS) is 1. The Labute approximate surface area is 115 Å². The Morgan fingerprint density at radius 3 is 2.78 bits per heavy atom. The molecular weight excluding hydrogens is 296 g/mol. The second-order valence-corrected chi connectivity index (χ2v) is 5.60. The number of halogens is 1. The minimum absolute atomic E-state index is 0.292. The van der Waals surface area contributed by atoms with Gasteiger partial charge in [-0.15, -0.1) is 0 Å². The van der Waals surface area contributed by atoms with E-state index in [4.69, 9.17) is 9.84 Å². The molecule has 98 valence electrons. The molecule has 0 bridgehead atoms. The van der Waals surface area contributed by atoms with Crippen molar-refractivity contribution in [2.75, 3.05) is 6.61 Å². The molecule has 0 saturated heterocycles. The molecule has 18 heavy (non-hydrogen) atoms. The van der Waals surface area contributed by atoms with Crippen LogP contribution < -0.4 is 0 Å². The SMILES string of the molecule is O=C(O)c1ccc(COCCC2CCC2)c(Br)c1. The van der Waals surface area contributed by atoms with Crippen LogP contribution in [-0.2, 0) is 11.3 Å². The van der Waals surface area contributed by atoms with Crippen LogP contribution in [0, 0.1) is 5.92 Å². The second kappa shape index (κ2) is 6.34. The van der Waals surface area contributed by atoms with Crippen LogP contribution in [0.5, 0.6) is 0 Å². The molecule has 0 spiro atoms. The lowest BCUT2D eigenvalue weighted by Crippen LogP contribution is -2.13. The monoisotopic (exact) mass is 312 g/mol. The Morgan fingerprint density at radius 1 is 1.44 bits per heavy atom. The first kappa shape index (κ1) is 13.6. The molecule has 0 aromatic heterocycles. The Morgan fingerprint density at radius 2 is 2.22 bits per heavy atom. The molecule has 4 heteroatoms. The fourth-order valence-corrected chi connectivity index (χ4v) is 2.50. The molecule has 3 nitrogen and oxygen atoms in total. The van der Waals surface area contributed by atoms with Gasteiger partial charge in [0.05, 0.1) is 12.2 Å². The van der Waals surface area contributed by atoms with Gasteiger partial charge in [0, 0.05) is 11.1 Å². The molecule has 1 aliphatic carbocycles. The van der Waals surface area contributed by atoms with Crippen LogP contribution in [-0.4, -0.2) is 17.7 Å². The zero-order chi connectivity index (χ0) is 13.0. The number of ether oxygens (including phenoxy) is 1. The van der Waals surface area contributed by atoms with E-state index < -0.39 is 5.97 Å². The van der Waals surface area contributed by atoms with Gasteiger partial charge in [0.1, 0.15) is 0 Å². The third kappa shape index (κ3) is 3.56. The number of carbonyl (C=O) groups is 1. The van der Waals surface area contributed by atoms with E-state index in [2.05, 4.69) is 15.9 Å². The van der Waals surface area contributed by atoms with Gasteiger partial charge in [-0.1, -0.05) is 41.3 Å². The zero-order valence-corrected chi connectivity index (χ0v) is 11.8. The van der Waals surface area contributed by atoms with Crippen LogP contribution in [0.15, 0.2) is 22.7 Å². The van der Waals surface area contributed by atoms with Gasteiger partial charge >= 0.3 is 5.97 Å². The van der Waals surface area contributed by atoms with Gasteiger partial charge in [0.2, 0.25) is 0 Å². The van der Waals surface area contributed by atoms with Crippen molar-refractivity contribution < 1.29 is 14.6 Å². The maximum atomic E-state index is 10.8. The average molecular weight is 313 g/mol. The van der Waals surface area contributed by atoms with Gasteiger partial charge in [-0.05, 0) is 30.0 Å². The Hall–Kier alpha value is -0.870. The van der Waals surface area contributed by atoms with Gasteiger partial charge < -0.3 is 9.84 Å². The summed E-state index contributed by atoms with van der Waals surface area (Å²) >= 11 is 3.38. The van der Waals surface area contributed by atoms with Gasteiger partial charge in [-0.2, -0.15) is 0 Å². The first-order chi connectivity index (χ1) is 8.66. The highest BCUT2D eigenvalue weighted by atomic mass is 79.9. The highest BCUT2D eigenvalue weighted by Gasteiger charge is 2.16. The molecule has 0 aliphatic heterocycles. The van der Waals surface area contributed by atoms with Crippen LogP contribution in [0.25, 0.3) is 0 Å². The lowest BCUT2D eigenvalue weighted by Gasteiger charge is -2.24. The number of rotatable bonds is 6. The smallest absolute Gasteiger partial charge is 0.335 e. The summed E-state index contributed by atoms with van der Waals surface area (Å²) in [5, 5.41) is 8.86. The molecule has 0 radical (unpaired) electrons. The molecular formula is C14H17BrO3. The topological polar surface area (TPSA) is 46.5 Å². The van der Waals surface area contributed by atoms with Crippen molar-refractivity contribution in [3.05, 3.63) is 33.8 Å². The highest BCUT2D eigenvalue weighted by Crippen LogP contribution is 2.29. The van der Waals surface area contributed by atoms with Gasteiger partial charge in [-0.3, -0.25) is 0 Å². The predicted octanol–water partition coefficient (Wildman–Crippen LogP) is 3.85. The molecule has 1 fully saturated rings. The van der Waals surface area contributed by atoms with Crippen molar-refractivity contribution in [2.24, 2.45) is 5.92 Å². The fourth-order valence-electron chi connectivity index (χ4n) is 2.01. The first-order valence-electron chi connectivity index (χ1n) is 6.26. The first-order valence-corrected chi connectivity index (χ1v) is 7.05. The van der Waals surface area contributed by atoms with Crippen molar-refractivity contribution in [1.29, 1.82) is 0 Å². The van der Waals surface area contributed by atoms with Gasteiger partial charge in [-0.25, -0.2) is 4.79 Å². The van der Waals surface area contributed by atoms with E-state index in [1.165, 1.54) is 19.3 Å². The van der Waals surface area contributed by atoms with E-state index in [1.54, 1.807) is 18.2 Å². The molecule has 0 atom stereocenters. The highest BCUT2D eigenvalue weighted by molar-refractivity contribution is 9.10. The number of hydrogen-bond acceptors (Lipinski definition) is 2. The summed E-state index contributed by atoms with van der Waals surface area (Å²) < 4.78 is 6.43. The molecule has 2 rings (SSSR count). The van der Waals surface area contributed by atoms with E-state index in [-0.39, 0.29) is 0 Å². The number of hydrogen-bond donors (Lipinski definition) is 1. The van der Waals surface area contributed by atoms with Crippen molar-refractivity contribution in [3.63, 3.8) is 0 Å². The standard InChI is InChI=1S/C14H17BrO3/c15-13-8-11(14(16)17)4-5-12(13)9-18-7-6-10-2-1-3-10/h4-5,8,10H,1-3,6-7,9H2,(H,16,17). The summed E-state index contributed by atoms with van der Waals surface area (Å²) in [6, 6.07) is 5.03. The summed E-state index contributed by atoms with van der Waals surface area (Å²) in [6.07, 6.45) is 5.21. The fraction of sp³-hybridized carbons (Fsp3) is 0.500. The van der Waals surface area contributed by atoms with Crippen LogP contribution in [0.3, 0.4) is 0 Å². The second-order valence-electron chi connectivity index (χ2n) is 4.75. The summed E-state index contributed by atoms with van der Waals surface area (Å²) in [4.78, 5) is 10.8. The molecule has 1 aromatic carbocycles. The maximum Gasteiger partial charge on any atom is 0.335 e. The van der Waals surface area contributed by atoms with Crippen molar-refractivity contribution in [1.82, 2.24) is 0 Å². The minimum Gasteiger partial charge on any atom is -0.478 e. The third-order valence-electron chi connectivity index (χ3n) is 3.45. The maximum absolute atomic E-state index is 10.8. The number of benzene rings is 1. The van der Waals surface area contributed by atoms with E-state index in [9.17, 15) is 4.79 Å². The number of aromatic carboxylic acids is 1. The number of carboxylic acids is 1. The molecule has 1 aromatic rings. The molecule has 1 saturated carbocycles. The van der Waals surface area contributed by atoms with Crippen molar-refractivity contribution in [3.8, 4) is 0 Å². The predicted molar refractivity (Wildman–Crippen MR) is 72.7 cm³/mol.